The quantitative estimate of drug-likeness (QED) is 0.699. The molecule has 0 N–H and O–H groups in total. The maximum absolute atomic E-state index is 13.2. The molecule has 132 valence electrons. The average Bonchev–Trinajstić information content (AvgIpc) is 3.39. The van der Waals surface area contributed by atoms with Crippen molar-refractivity contribution in [2.75, 3.05) is 13.7 Å². The van der Waals surface area contributed by atoms with Gasteiger partial charge < -0.3 is 14.2 Å². The number of likely N-dealkylation sites (tertiary alicyclic amines) is 1. The lowest BCUT2D eigenvalue weighted by Gasteiger charge is -2.26. The highest BCUT2D eigenvalue weighted by molar-refractivity contribution is 5.95. The highest BCUT2D eigenvalue weighted by Gasteiger charge is 2.32. The Morgan fingerprint density at radius 3 is 2.65 bits per heavy atom. The Balaban J connectivity index is 1.64. The number of para-hydroxylation sites is 1. The van der Waals surface area contributed by atoms with Crippen LogP contribution in [-0.4, -0.2) is 29.0 Å². The van der Waals surface area contributed by atoms with Crippen LogP contribution in [0.2, 0.25) is 0 Å². The zero-order valence-corrected chi connectivity index (χ0v) is 14.8. The fraction of sp³-hybridized carbons (Fsp3) is 0.227. The van der Waals surface area contributed by atoms with E-state index in [2.05, 4.69) is 6.07 Å². The molecular formula is C22H22N2O2. The predicted octanol–water partition coefficient (Wildman–Crippen LogP) is 4.46. The van der Waals surface area contributed by atoms with Crippen molar-refractivity contribution in [3.05, 3.63) is 84.2 Å². The van der Waals surface area contributed by atoms with Crippen molar-refractivity contribution in [1.82, 2.24) is 9.47 Å². The van der Waals surface area contributed by atoms with Gasteiger partial charge in [0.1, 0.15) is 5.75 Å². The van der Waals surface area contributed by atoms with Gasteiger partial charge in [-0.1, -0.05) is 24.3 Å². The van der Waals surface area contributed by atoms with E-state index in [9.17, 15) is 4.79 Å². The third-order valence-electron chi connectivity index (χ3n) is 5.01. The Labute approximate surface area is 153 Å². The summed E-state index contributed by atoms with van der Waals surface area (Å²) in [6, 6.07) is 19.8. The number of aromatic nitrogens is 1. The lowest BCUT2D eigenvalue weighted by atomic mass is 10.0. The number of methoxy groups -OCH3 is 1. The normalized spacial score (nSPS) is 16.7. The maximum Gasteiger partial charge on any atom is 0.254 e. The van der Waals surface area contributed by atoms with E-state index in [1.54, 1.807) is 7.11 Å². The molecule has 4 rings (SSSR count). The van der Waals surface area contributed by atoms with Gasteiger partial charge in [0, 0.05) is 35.8 Å². The molecule has 1 aliphatic heterocycles. The first kappa shape index (κ1) is 16.5. The summed E-state index contributed by atoms with van der Waals surface area (Å²) in [6.45, 7) is 0.773. The Bertz CT molecular complexity index is 902. The number of carbonyl (C=O) groups excluding carboxylic acids is 1. The number of benzene rings is 2. The Hall–Kier alpha value is -3.01. The van der Waals surface area contributed by atoms with Crippen LogP contribution < -0.4 is 4.74 Å². The van der Waals surface area contributed by atoms with E-state index in [4.69, 9.17) is 4.74 Å². The molecule has 1 aliphatic rings. The van der Waals surface area contributed by atoms with E-state index in [0.717, 1.165) is 42.0 Å². The Kier molecular flexibility index (Phi) is 4.48. The summed E-state index contributed by atoms with van der Waals surface area (Å²) >= 11 is 0. The molecule has 1 unspecified atom stereocenters. The standard InChI is InChI=1S/C22H22N2O2/c1-26-21-12-3-2-10-19(21)20-11-7-15-24(20)22(25)17-8-6-9-18(16-17)23-13-4-5-14-23/h2-6,8-10,12-14,16,20H,7,11,15H2,1H3. The van der Waals surface area contributed by atoms with Crippen molar-refractivity contribution < 1.29 is 9.53 Å². The zero-order chi connectivity index (χ0) is 17.9. The minimum Gasteiger partial charge on any atom is -0.496 e. The summed E-state index contributed by atoms with van der Waals surface area (Å²) in [7, 11) is 1.68. The first-order valence-corrected chi connectivity index (χ1v) is 8.95. The number of hydrogen-bond acceptors (Lipinski definition) is 2. The monoisotopic (exact) mass is 346 g/mol. The van der Waals surface area contributed by atoms with Crippen LogP contribution in [-0.2, 0) is 0 Å². The molecule has 0 radical (unpaired) electrons. The van der Waals surface area contributed by atoms with Crippen molar-refractivity contribution in [2.24, 2.45) is 0 Å². The Morgan fingerprint density at radius 1 is 1.04 bits per heavy atom. The molecule has 0 bridgehead atoms. The highest BCUT2D eigenvalue weighted by Crippen LogP contribution is 2.37. The van der Waals surface area contributed by atoms with E-state index in [0.29, 0.717) is 0 Å². The van der Waals surface area contributed by atoms with Crippen LogP contribution in [0.25, 0.3) is 5.69 Å². The van der Waals surface area contributed by atoms with Crippen LogP contribution >= 0.6 is 0 Å². The average molecular weight is 346 g/mol. The molecule has 1 aromatic heterocycles. The van der Waals surface area contributed by atoms with Crippen LogP contribution in [0.15, 0.2) is 73.1 Å². The lowest BCUT2D eigenvalue weighted by Crippen LogP contribution is -2.30. The molecule has 2 heterocycles. The molecule has 1 atom stereocenters. The number of hydrogen-bond donors (Lipinski definition) is 0. The second-order valence-electron chi connectivity index (χ2n) is 6.54. The largest absolute Gasteiger partial charge is 0.496 e. The van der Waals surface area contributed by atoms with E-state index < -0.39 is 0 Å². The summed E-state index contributed by atoms with van der Waals surface area (Å²) in [5.41, 5.74) is 2.80. The van der Waals surface area contributed by atoms with Gasteiger partial charge in [-0.05, 0) is 49.2 Å². The molecule has 2 aromatic carbocycles. The number of amides is 1. The molecule has 4 heteroatoms. The van der Waals surface area contributed by atoms with Crippen molar-refractivity contribution in [3.63, 3.8) is 0 Å². The van der Waals surface area contributed by atoms with Gasteiger partial charge in [-0.3, -0.25) is 4.79 Å². The first-order valence-electron chi connectivity index (χ1n) is 8.95. The number of carbonyl (C=O) groups is 1. The third-order valence-corrected chi connectivity index (χ3v) is 5.01. The molecular weight excluding hydrogens is 324 g/mol. The van der Waals surface area contributed by atoms with Crippen LogP contribution in [0.3, 0.4) is 0 Å². The van der Waals surface area contributed by atoms with Crippen LogP contribution in [0.4, 0.5) is 0 Å². The van der Waals surface area contributed by atoms with Crippen molar-refractivity contribution in [1.29, 1.82) is 0 Å². The number of nitrogens with zero attached hydrogens (tertiary/aromatic N) is 2. The van der Waals surface area contributed by atoms with Gasteiger partial charge in [-0.2, -0.15) is 0 Å². The summed E-state index contributed by atoms with van der Waals surface area (Å²) in [5, 5.41) is 0. The van der Waals surface area contributed by atoms with Gasteiger partial charge in [0.15, 0.2) is 0 Å². The molecule has 26 heavy (non-hydrogen) atoms. The molecule has 1 saturated heterocycles. The molecule has 0 spiro atoms. The number of ether oxygens (including phenoxy) is 1. The van der Waals surface area contributed by atoms with E-state index in [1.165, 1.54) is 0 Å². The lowest BCUT2D eigenvalue weighted by molar-refractivity contribution is 0.0734. The van der Waals surface area contributed by atoms with E-state index in [-0.39, 0.29) is 11.9 Å². The highest BCUT2D eigenvalue weighted by atomic mass is 16.5. The molecule has 1 amide bonds. The summed E-state index contributed by atoms with van der Waals surface area (Å²) in [6.07, 6.45) is 5.93. The van der Waals surface area contributed by atoms with Gasteiger partial charge in [0.25, 0.3) is 5.91 Å². The zero-order valence-electron chi connectivity index (χ0n) is 14.8. The summed E-state index contributed by atoms with van der Waals surface area (Å²) in [5.74, 6) is 0.922. The molecule has 0 saturated carbocycles. The fourth-order valence-corrected chi connectivity index (χ4v) is 3.75. The topological polar surface area (TPSA) is 34.5 Å². The second kappa shape index (κ2) is 7.08. The molecule has 1 fully saturated rings. The smallest absolute Gasteiger partial charge is 0.254 e. The van der Waals surface area contributed by atoms with Crippen LogP contribution in [0.1, 0.15) is 34.8 Å². The van der Waals surface area contributed by atoms with Gasteiger partial charge in [0.2, 0.25) is 0 Å². The van der Waals surface area contributed by atoms with Crippen LogP contribution in [0, 0.1) is 0 Å². The van der Waals surface area contributed by atoms with E-state index >= 15 is 0 Å². The fourth-order valence-electron chi connectivity index (χ4n) is 3.75. The molecule has 3 aromatic rings. The number of rotatable bonds is 4. The molecule has 0 aliphatic carbocycles. The predicted molar refractivity (Wildman–Crippen MR) is 102 cm³/mol. The minimum atomic E-state index is 0.0638. The van der Waals surface area contributed by atoms with Gasteiger partial charge in [0.05, 0.1) is 13.2 Å². The summed E-state index contributed by atoms with van der Waals surface area (Å²) in [4.78, 5) is 15.2. The maximum atomic E-state index is 13.2. The van der Waals surface area contributed by atoms with Gasteiger partial charge >= 0.3 is 0 Å². The Morgan fingerprint density at radius 2 is 1.85 bits per heavy atom. The second-order valence-corrected chi connectivity index (χ2v) is 6.54. The van der Waals surface area contributed by atoms with Gasteiger partial charge in [-0.25, -0.2) is 0 Å². The van der Waals surface area contributed by atoms with Crippen molar-refractivity contribution in [3.8, 4) is 11.4 Å². The summed E-state index contributed by atoms with van der Waals surface area (Å²) < 4.78 is 7.53. The first-order chi connectivity index (χ1) is 12.8. The SMILES string of the molecule is COc1ccccc1C1CCCN1C(=O)c1cccc(-n2cccc2)c1. The third kappa shape index (κ3) is 2.99. The van der Waals surface area contributed by atoms with E-state index in [1.807, 2.05) is 76.5 Å². The van der Waals surface area contributed by atoms with Gasteiger partial charge in [-0.15, -0.1) is 0 Å². The van der Waals surface area contributed by atoms with Crippen LogP contribution in [0.5, 0.6) is 5.75 Å². The van der Waals surface area contributed by atoms with Crippen molar-refractivity contribution in [2.45, 2.75) is 18.9 Å². The minimum absolute atomic E-state index is 0.0638. The van der Waals surface area contributed by atoms with Crippen molar-refractivity contribution >= 4 is 5.91 Å². The molecule has 4 nitrogen and oxygen atoms in total.